The van der Waals surface area contributed by atoms with Crippen LogP contribution in [0.3, 0.4) is 0 Å². The molecular formula is C8H12ClN3O2S. The highest BCUT2D eigenvalue weighted by molar-refractivity contribution is 7.89. The molecule has 1 fully saturated rings. The molecule has 2 rings (SSSR count). The fourth-order valence-corrected chi connectivity index (χ4v) is 2.67. The number of sulfonamides is 1. The normalized spacial score (nSPS) is 19.0. The first-order chi connectivity index (χ1) is 7.09. The van der Waals surface area contributed by atoms with Crippen molar-refractivity contribution in [2.75, 3.05) is 6.54 Å². The summed E-state index contributed by atoms with van der Waals surface area (Å²) in [5, 5.41) is 5.95. The highest BCUT2D eigenvalue weighted by Crippen LogP contribution is 2.35. The molecule has 0 aliphatic heterocycles. The third-order valence-electron chi connectivity index (χ3n) is 2.37. The van der Waals surface area contributed by atoms with Gasteiger partial charge in [0.15, 0.2) is 5.03 Å². The van der Waals surface area contributed by atoms with E-state index in [0.29, 0.717) is 5.92 Å². The number of aromatic nitrogens is 2. The van der Waals surface area contributed by atoms with E-state index in [-0.39, 0.29) is 16.9 Å². The molecule has 84 valence electrons. The summed E-state index contributed by atoms with van der Waals surface area (Å²) in [4.78, 5) is 0. The number of alkyl halides is 1. The van der Waals surface area contributed by atoms with Crippen LogP contribution in [0, 0.1) is 5.92 Å². The Balaban J connectivity index is 1.93. The van der Waals surface area contributed by atoms with E-state index in [0.717, 1.165) is 12.8 Å². The van der Waals surface area contributed by atoms with Crippen molar-refractivity contribution in [2.45, 2.75) is 23.2 Å². The van der Waals surface area contributed by atoms with Crippen molar-refractivity contribution in [1.82, 2.24) is 14.9 Å². The molecule has 1 aromatic heterocycles. The van der Waals surface area contributed by atoms with Gasteiger partial charge in [0.1, 0.15) is 0 Å². The van der Waals surface area contributed by atoms with Crippen LogP contribution in [0.5, 0.6) is 0 Å². The predicted octanol–water partition coefficient (Wildman–Crippen LogP) is 0.705. The molecule has 0 saturated heterocycles. The number of nitrogens with zero attached hydrogens (tertiary/aromatic N) is 1. The Hall–Kier alpha value is -0.590. The van der Waals surface area contributed by atoms with Crippen LogP contribution in [0.4, 0.5) is 0 Å². The Labute approximate surface area is 93.3 Å². The van der Waals surface area contributed by atoms with E-state index in [1.807, 2.05) is 0 Å². The molecule has 1 saturated carbocycles. The smallest absolute Gasteiger partial charge is 0.257 e. The highest BCUT2D eigenvalue weighted by Gasteiger charge is 2.30. The Kier molecular flexibility index (Phi) is 2.99. The summed E-state index contributed by atoms with van der Waals surface area (Å²) < 4.78 is 25.7. The lowest BCUT2D eigenvalue weighted by Gasteiger charge is -2.08. The van der Waals surface area contributed by atoms with Crippen LogP contribution in [0.1, 0.15) is 12.8 Å². The molecule has 0 radical (unpaired) electrons. The zero-order valence-corrected chi connectivity index (χ0v) is 9.55. The SMILES string of the molecule is O=S(=O)(NCC(Cl)C1CC1)c1ccn[nH]1. The van der Waals surface area contributed by atoms with Crippen LogP contribution >= 0.6 is 11.6 Å². The first-order valence-electron chi connectivity index (χ1n) is 4.73. The second-order valence-electron chi connectivity index (χ2n) is 3.63. The van der Waals surface area contributed by atoms with Gasteiger partial charge in [0, 0.05) is 11.9 Å². The minimum absolute atomic E-state index is 0.0714. The average molecular weight is 250 g/mol. The van der Waals surface area contributed by atoms with Gasteiger partial charge >= 0.3 is 0 Å². The van der Waals surface area contributed by atoms with E-state index in [1.165, 1.54) is 12.3 Å². The van der Waals surface area contributed by atoms with Crippen molar-refractivity contribution in [3.63, 3.8) is 0 Å². The molecule has 2 N–H and O–H groups in total. The van der Waals surface area contributed by atoms with E-state index in [4.69, 9.17) is 11.6 Å². The van der Waals surface area contributed by atoms with Crippen LogP contribution in [0.15, 0.2) is 17.3 Å². The lowest BCUT2D eigenvalue weighted by atomic mass is 10.3. The monoisotopic (exact) mass is 249 g/mol. The number of nitrogens with one attached hydrogen (secondary N) is 2. The lowest BCUT2D eigenvalue weighted by molar-refractivity contribution is 0.572. The van der Waals surface area contributed by atoms with Crippen molar-refractivity contribution >= 4 is 21.6 Å². The molecule has 0 bridgehead atoms. The maximum atomic E-state index is 11.6. The molecule has 1 heterocycles. The molecule has 1 aromatic rings. The molecule has 5 nitrogen and oxygen atoms in total. The minimum Gasteiger partial charge on any atom is -0.266 e. The molecule has 15 heavy (non-hydrogen) atoms. The second kappa shape index (κ2) is 4.11. The molecule has 7 heteroatoms. The van der Waals surface area contributed by atoms with Crippen LogP contribution < -0.4 is 4.72 Å². The molecule has 0 aromatic carbocycles. The van der Waals surface area contributed by atoms with Crippen molar-refractivity contribution in [2.24, 2.45) is 5.92 Å². The molecule has 1 atom stereocenters. The predicted molar refractivity (Wildman–Crippen MR) is 56.1 cm³/mol. The number of H-pyrrole nitrogens is 1. The van der Waals surface area contributed by atoms with Gasteiger partial charge in [-0.2, -0.15) is 5.10 Å². The summed E-state index contributed by atoms with van der Waals surface area (Å²) in [5.74, 6) is 0.469. The molecule has 1 aliphatic carbocycles. The van der Waals surface area contributed by atoms with Crippen LogP contribution in [-0.2, 0) is 10.0 Å². The Morgan fingerprint density at radius 1 is 1.67 bits per heavy atom. The van der Waals surface area contributed by atoms with Crippen molar-refractivity contribution < 1.29 is 8.42 Å². The zero-order valence-electron chi connectivity index (χ0n) is 7.98. The van der Waals surface area contributed by atoms with Crippen molar-refractivity contribution in [3.05, 3.63) is 12.3 Å². The Morgan fingerprint density at radius 2 is 2.40 bits per heavy atom. The average Bonchev–Trinajstić information content (AvgIpc) is 2.89. The maximum Gasteiger partial charge on any atom is 0.257 e. The fraction of sp³-hybridized carbons (Fsp3) is 0.625. The zero-order chi connectivity index (χ0) is 10.9. The summed E-state index contributed by atoms with van der Waals surface area (Å²) in [6, 6.07) is 1.41. The van der Waals surface area contributed by atoms with E-state index in [9.17, 15) is 8.42 Å². The van der Waals surface area contributed by atoms with Crippen molar-refractivity contribution in [3.8, 4) is 0 Å². The number of aromatic amines is 1. The lowest BCUT2D eigenvalue weighted by Crippen LogP contribution is -2.30. The van der Waals surface area contributed by atoms with E-state index < -0.39 is 10.0 Å². The van der Waals surface area contributed by atoms with Gasteiger partial charge in [0.05, 0.1) is 6.20 Å². The van der Waals surface area contributed by atoms with Gasteiger partial charge in [0.25, 0.3) is 10.0 Å². The summed E-state index contributed by atoms with van der Waals surface area (Å²) in [6.07, 6.45) is 3.59. The second-order valence-corrected chi connectivity index (χ2v) is 5.92. The van der Waals surface area contributed by atoms with Crippen molar-refractivity contribution in [1.29, 1.82) is 0 Å². The first-order valence-corrected chi connectivity index (χ1v) is 6.64. The largest absolute Gasteiger partial charge is 0.266 e. The molecule has 0 spiro atoms. The molecule has 0 amide bonds. The summed E-state index contributed by atoms with van der Waals surface area (Å²) in [5.41, 5.74) is 0. The van der Waals surface area contributed by atoms with Crippen LogP contribution in [0.2, 0.25) is 0 Å². The van der Waals surface area contributed by atoms with Crippen LogP contribution in [-0.4, -0.2) is 30.5 Å². The number of hydrogen-bond acceptors (Lipinski definition) is 3. The third-order valence-corrected chi connectivity index (χ3v) is 4.23. The van der Waals surface area contributed by atoms with Gasteiger partial charge in [-0.3, -0.25) is 5.10 Å². The Morgan fingerprint density at radius 3 is 2.93 bits per heavy atom. The number of rotatable bonds is 5. The quantitative estimate of drug-likeness (QED) is 0.755. The molecule has 1 unspecified atom stereocenters. The molecular weight excluding hydrogens is 238 g/mol. The van der Waals surface area contributed by atoms with E-state index in [2.05, 4.69) is 14.9 Å². The van der Waals surface area contributed by atoms with Gasteiger partial charge in [0.2, 0.25) is 0 Å². The van der Waals surface area contributed by atoms with Gasteiger partial charge in [-0.15, -0.1) is 11.6 Å². The summed E-state index contributed by atoms with van der Waals surface area (Å²) in [6.45, 7) is 0.271. The Bertz CT molecular complexity index is 413. The number of halogens is 1. The molecule has 1 aliphatic rings. The van der Waals surface area contributed by atoms with E-state index in [1.54, 1.807) is 0 Å². The number of hydrogen-bond donors (Lipinski definition) is 2. The highest BCUT2D eigenvalue weighted by atomic mass is 35.5. The summed E-state index contributed by atoms with van der Waals surface area (Å²) in [7, 11) is -3.47. The van der Waals surface area contributed by atoms with Gasteiger partial charge in [-0.1, -0.05) is 0 Å². The summed E-state index contributed by atoms with van der Waals surface area (Å²) >= 11 is 5.99. The van der Waals surface area contributed by atoms with Gasteiger partial charge in [-0.05, 0) is 24.8 Å². The van der Waals surface area contributed by atoms with Gasteiger partial charge in [-0.25, -0.2) is 13.1 Å². The standard InChI is InChI=1S/C8H12ClN3O2S/c9-7(6-1-2-6)5-11-15(13,14)8-3-4-10-12-8/h3-4,6-7,11H,1-2,5H2,(H,10,12). The topological polar surface area (TPSA) is 74.8 Å². The minimum atomic E-state index is -3.47. The van der Waals surface area contributed by atoms with Crippen LogP contribution in [0.25, 0.3) is 0 Å². The maximum absolute atomic E-state index is 11.6. The first kappa shape index (κ1) is 10.9. The van der Waals surface area contributed by atoms with Gasteiger partial charge < -0.3 is 0 Å². The third kappa shape index (κ3) is 2.70. The fourth-order valence-electron chi connectivity index (χ4n) is 1.28. The van der Waals surface area contributed by atoms with E-state index >= 15 is 0 Å².